The van der Waals surface area contributed by atoms with Crippen LogP contribution in [0.3, 0.4) is 0 Å². The van der Waals surface area contributed by atoms with Crippen molar-refractivity contribution in [2.45, 2.75) is 6.92 Å². The Balaban J connectivity index is 0. The maximum atomic E-state index is 8.00. The summed E-state index contributed by atoms with van der Waals surface area (Å²) in [6, 6.07) is 0. The van der Waals surface area contributed by atoms with Gasteiger partial charge in [0.1, 0.15) is 0 Å². The van der Waals surface area contributed by atoms with Gasteiger partial charge in [-0.2, -0.15) is 0 Å². The molecule has 0 aromatic heterocycles. The molecule has 0 aliphatic heterocycles. The minimum atomic E-state index is 1.75. The molecule has 5 heavy (non-hydrogen) atoms. The molecule has 1 nitrogen and oxygen atoms in total. The van der Waals surface area contributed by atoms with Crippen LogP contribution in [0.15, 0.2) is 12.7 Å². The molecule has 2 heteroatoms. The molecule has 0 saturated heterocycles. The molecule has 0 amide bonds. The molecule has 0 fully saturated rings. The number of allylic oxidation sites excluding steroid dienone is 1. The summed E-state index contributed by atoms with van der Waals surface area (Å²) < 4.78 is 8.00. The third kappa shape index (κ3) is 4870. The summed E-state index contributed by atoms with van der Waals surface area (Å²) in [5.41, 5.74) is 0. The molecule has 0 rings (SSSR count). The van der Waals surface area contributed by atoms with E-state index in [9.17, 15) is 0 Å². The van der Waals surface area contributed by atoms with Gasteiger partial charge in [-0.3, -0.25) is 0 Å². The first-order valence-corrected chi connectivity index (χ1v) is 1.58. The van der Waals surface area contributed by atoms with Crippen LogP contribution in [0.1, 0.15) is 6.92 Å². The summed E-state index contributed by atoms with van der Waals surface area (Å²) in [7, 11) is 0. The van der Waals surface area contributed by atoms with Crippen LogP contribution in [0.5, 0.6) is 0 Å². The number of hydrogen-bond donors (Lipinski definition) is 0. The normalized spacial score (nSPS) is 3.60. The standard InChI is InChI=1S/C3H6.Fe.O/c1-3-2;;/h3H,1H2,2H3;;. The molecule has 0 atom stereocenters. The predicted molar refractivity (Wildman–Crippen MR) is 16.6 cm³/mol. The first-order chi connectivity index (χ1) is 2.41. The second-order valence-corrected chi connectivity index (χ2v) is 0.408. The van der Waals surface area contributed by atoms with Crippen molar-refractivity contribution in [2.24, 2.45) is 0 Å². The Morgan fingerprint density at radius 3 is 1.80 bits per heavy atom. The van der Waals surface area contributed by atoms with Gasteiger partial charge in [0.15, 0.2) is 0 Å². The van der Waals surface area contributed by atoms with Crippen molar-refractivity contribution in [1.82, 2.24) is 0 Å². The van der Waals surface area contributed by atoms with E-state index in [4.69, 9.17) is 3.83 Å². The van der Waals surface area contributed by atoms with Crippen LogP contribution < -0.4 is 0 Å². The van der Waals surface area contributed by atoms with Gasteiger partial charge >= 0.3 is 19.8 Å². The van der Waals surface area contributed by atoms with Gasteiger partial charge in [0.25, 0.3) is 0 Å². The molecule has 0 N–H and O–H groups in total. The van der Waals surface area contributed by atoms with Crippen LogP contribution in [-0.2, 0) is 19.8 Å². The van der Waals surface area contributed by atoms with Crippen molar-refractivity contribution in [2.75, 3.05) is 0 Å². The van der Waals surface area contributed by atoms with Crippen molar-refractivity contribution in [1.29, 1.82) is 0 Å². The SMILES string of the molecule is C=CC.[O]=[Fe]. The zero-order valence-corrected chi connectivity index (χ0v) is 4.15. The van der Waals surface area contributed by atoms with E-state index < -0.39 is 0 Å². The first-order valence-electron chi connectivity index (χ1n) is 1.13. The topological polar surface area (TPSA) is 17.1 Å². The van der Waals surface area contributed by atoms with Crippen LogP contribution in [0.2, 0.25) is 0 Å². The molecule has 0 aliphatic carbocycles. The molecule has 0 aromatic carbocycles. The van der Waals surface area contributed by atoms with Crippen molar-refractivity contribution >= 4 is 0 Å². The summed E-state index contributed by atoms with van der Waals surface area (Å²) in [4.78, 5) is 0. The summed E-state index contributed by atoms with van der Waals surface area (Å²) >= 11 is 2.00. The van der Waals surface area contributed by atoms with Crippen LogP contribution in [0.4, 0.5) is 0 Å². The molecule has 0 heterocycles. The molecular formula is C3H6FeO. The third-order valence-corrected chi connectivity index (χ3v) is 0. The fraction of sp³-hybridized carbons (Fsp3) is 0.333. The van der Waals surface area contributed by atoms with Gasteiger partial charge in [0.2, 0.25) is 0 Å². The first kappa shape index (κ1) is 8.91. The Bertz CT molecular complexity index is 20.9. The van der Waals surface area contributed by atoms with Gasteiger partial charge in [0.05, 0.1) is 0 Å². The van der Waals surface area contributed by atoms with Crippen LogP contribution in [-0.4, -0.2) is 0 Å². The van der Waals surface area contributed by atoms with Gasteiger partial charge in [-0.05, 0) is 6.92 Å². The Morgan fingerprint density at radius 1 is 1.80 bits per heavy atom. The van der Waals surface area contributed by atoms with E-state index in [2.05, 4.69) is 6.58 Å². The van der Waals surface area contributed by atoms with E-state index in [1.807, 2.05) is 22.9 Å². The Labute approximate surface area is 40.1 Å². The zero-order chi connectivity index (χ0) is 4.71. The quantitative estimate of drug-likeness (QED) is 0.340. The zero-order valence-electron chi connectivity index (χ0n) is 3.05. The Hall–Kier alpha value is 0.0595. The Kier molecular flexibility index (Phi) is 60.3. The van der Waals surface area contributed by atoms with Gasteiger partial charge in [-0.15, -0.1) is 6.58 Å². The maximum absolute atomic E-state index is 8.00. The number of rotatable bonds is 0. The predicted octanol–water partition coefficient (Wildman–Crippen LogP) is 1.07. The summed E-state index contributed by atoms with van der Waals surface area (Å²) in [6.07, 6.45) is 1.75. The van der Waals surface area contributed by atoms with E-state index in [1.54, 1.807) is 6.08 Å². The average molecular weight is 114 g/mol. The van der Waals surface area contributed by atoms with E-state index in [1.165, 1.54) is 0 Å². The summed E-state index contributed by atoms with van der Waals surface area (Å²) in [6.45, 7) is 5.25. The van der Waals surface area contributed by atoms with E-state index in [0.29, 0.717) is 0 Å². The molecular weight excluding hydrogens is 108 g/mol. The van der Waals surface area contributed by atoms with E-state index in [0.717, 1.165) is 0 Å². The van der Waals surface area contributed by atoms with Crippen LogP contribution >= 0.6 is 0 Å². The molecule has 0 aromatic rings. The summed E-state index contributed by atoms with van der Waals surface area (Å²) in [5, 5.41) is 0. The second kappa shape index (κ2) is 33.9. The van der Waals surface area contributed by atoms with Gasteiger partial charge < -0.3 is 0 Å². The molecule has 0 spiro atoms. The molecule has 0 unspecified atom stereocenters. The third-order valence-electron chi connectivity index (χ3n) is 0. The molecule has 0 saturated carbocycles. The van der Waals surface area contributed by atoms with Crippen molar-refractivity contribution in [3.63, 3.8) is 0 Å². The van der Waals surface area contributed by atoms with Crippen molar-refractivity contribution in [3.8, 4) is 0 Å². The van der Waals surface area contributed by atoms with Crippen molar-refractivity contribution in [3.05, 3.63) is 12.7 Å². The summed E-state index contributed by atoms with van der Waals surface area (Å²) in [5.74, 6) is 0. The number of hydrogen-bond acceptors (Lipinski definition) is 1. The molecule has 32 valence electrons. The molecule has 0 radical (unpaired) electrons. The van der Waals surface area contributed by atoms with E-state index in [-0.39, 0.29) is 0 Å². The van der Waals surface area contributed by atoms with Crippen LogP contribution in [0.25, 0.3) is 0 Å². The van der Waals surface area contributed by atoms with Gasteiger partial charge in [-0.1, -0.05) is 6.08 Å². The van der Waals surface area contributed by atoms with Gasteiger partial charge in [0, 0.05) is 0 Å². The fourth-order valence-electron chi connectivity index (χ4n) is 0. The second-order valence-electron chi connectivity index (χ2n) is 0.408. The monoisotopic (exact) mass is 114 g/mol. The fourth-order valence-corrected chi connectivity index (χ4v) is 0. The molecule has 0 aliphatic rings. The van der Waals surface area contributed by atoms with Gasteiger partial charge in [-0.25, -0.2) is 0 Å². The van der Waals surface area contributed by atoms with Crippen molar-refractivity contribution < 1.29 is 19.8 Å². The van der Waals surface area contributed by atoms with Crippen LogP contribution in [0, 0.1) is 0 Å². The average Bonchev–Trinajstić information content (AvgIpc) is 1.46. The Morgan fingerprint density at radius 2 is 1.80 bits per heavy atom. The molecule has 0 bridgehead atoms. The minimum absolute atomic E-state index is 1.75. The van der Waals surface area contributed by atoms with E-state index >= 15 is 0 Å².